The molecule has 0 aliphatic rings. The fourth-order valence-corrected chi connectivity index (χ4v) is 4.01. The molecule has 0 fully saturated rings. The summed E-state index contributed by atoms with van der Waals surface area (Å²) in [4.78, 5) is 2.45. The zero-order valence-corrected chi connectivity index (χ0v) is 16.1. The van der Waals surface area contributed by atoms with E-state index in [4.69, 9.17) is 9.47 Å². The van der Waals surface area contributed by atoms with Crippen LogP contribution in [0.15, 0.2) is 42.5 Å². The smallest absolute Gasteiger partial charge is 0.188 e. The Kier molecular flexibility index (Phi) is 7.71. The molecule has 0 heterocycles. The molecule has 0 aliphatic carbocycles. The zero-order valence-electron chi connectivity index (χ0n) is 15.1. The predicted molar refractivity (Wildman–Crippen MR) is 104 cm³/mol. The molecule has 0 aromatic heterocycles. The van der Waals surface area contributed by atoms with Crippen LogP contribution in [0.1, 0.15) is 25.0 Å². The highest BCUT2D eigenvalue weighted by molar-refractivity contribution is 7.56. The maximum atomic E-state index is 5.74. The molecule has 0 N–H and O–H groups in total. The van der Waals surface area contributed by atoms with Crippen LogP contribution in [0, 0.1) is 6.92 Å². The molecule has 2 rings (SSSR count). The Labute approximate surface area is 147 Å². The molecule has 1 unspecified atom stereocenters. The largest absolute Gasteiger partial charge is 0.467 e. The Bertz CT molecular complexity index is 641. The monoisotopic (exact) mass is 345 g/mol. The van der Waals surface area contributed by atoms with Crippen LogP contribution >= 0.6 is 8.58 Å². The van der Waals surface area contributed by atoms with Gasteiger partial charge in [-0.3, -0.25) is 4.90 Å². The number of ether oxygens (including phenoxy) is 2. The van der Waals surface area contributed by atoms with Crippen LogP contribution in [0.5, 0.6) is 5.75 Å². The first-order chi connectivity index (χ1) is 11.7. The van der Waals surface area contributed by atoms with Gasteiger partial charge in [0.1, 0.15) is 5.75 Å². The number of hydrogen-bond acceptors (Lipinski definition) is 3. The van der Waals surface area contributed by atoms with Gasteiger partial charge in [-0.25, -0.2) is 0 Å². The van der Waals surface area contributed by atoms with E-state index in [0.29, 0.717) is 8.58 Å². The van der Waals surface area contributed by atoms with Crippen molar-refractivity contribution in [3.63, 3.8) is 0 Å². The first-order valence-corrected chi connectivity index (χ1v) is 9.48. The zero-order chi connectivity index (χ0) is 17.4. The van der Waals surface area contributed by atoms with Crippen LogP contribution in [0.25, 0.3) is 0 Å². The minimum absolute atomic E-state index is 0.279. The third-order valence-electron chi connectivity index (χ3n) is 4.13. The molecule has 4 heteroatoms. The number of benzene rings is 2. The van der Waals surface area contributed by atoms with Gasteiger partial charge in [0, 0.05) is 19.0 Å². The minimum atomic E-state index is 0.279. The number of rotatable bonds is 9. The lowest BCUT2D eigenvalue weighted by Crippen LogP contribution is -2.26. The van der Waals surface area contributed by atoms with Crippen LogP contribution in [0.2, 0.25) is 0 Å². The van der Waals surface area contributed by atoms with Gasteiger partial charge in [0.15, 0.2) is 6.79 Å². The van der Waals surface area contributed by atoms with Crippen LogP contribution in [0.3, 0.4) is 0 Å². The molecule has 0 saturated heterocycles. The summed E-state index contributed by atoms with van der Waals surface area (Å²) in [6.45, 7) is 10.1. The van der Waals surface area contributed by atoms with Gasteiger partial charge in [0.05, 0.1) is 0 Å². The summed E-state index contributed by atoms with van der Waals surface area (Å²) >= 11 is 0. The Balaban J connectivity index is 2.29. The summed E-state index contributed by atoms with van der Waals surface area (Å²) in [6.07, 6.45) is 0. The van der Waals surface area contributed by atoms with Crippen molar-refractivity contribution in [2.45, 2.75) is 27.3 Å². The molecule has 0 radical (unpaired) electrons. The molecule has 2 aromatic rings. The molecular formula is C20H28NO2P. The van der Waals surface area contributed by atoms with Gasteiger partial charge in [-0.05, 0) is 42.5 Å². The maximum absolute atomic E-state index is 5.74. The van der Waals surface area contributed by atoms with E-state index in [1.54, 1.807) is 7.11 Å². The Morgan fingerprint density at radius 3 is 2.46 bits per heavy atom. The molecule has 0 saturated carbocycles. The lowest BCUT2D eigenvalue weighted by molar-refractivity contribution is 0.0519. The second kappa shape index (κ2) is 9.78. The Morgan fingerprint density at radius 2 is 1.75 bits per heavy atom. The van der Waals surface area contributed by atoms with Gasteiger partial charge in [-0.1, -0.05) is 58.8 Å². The van der Waals surface area contributed by atoms with E-state index in [-0.39, 0.29) is 6.79 Å². The maximum Gasteiger partial charge on any atom is 0.188 e. The van der Waals surface area contributed by atoms with E-state index in [0.717, 1.165) is 25.4 Å². The van der Waals surface area contributed by atoms with Crippen molar-refractivity contribution < 1.29 is 9.47 Å². The minimum Gasteiger partial charge on any atom is -0.467 e. The molecular weight excluding hydrogens is 317 g/mol. The van der Waals surface area contributed by atoms with E-state index in [1.807, 2.05) is 12.1 Å². The molecule has 2 aromatic carbocycles. The first-order valence-electron chi connectivity index (χ1n) is 8.48. The molecule has 0 bridgehead atoms. The number of methoxy groups -OCH3 is 1. The second-order valence-corrected chi connectivity index (χ2v) is 7.03. The van der Waals surface area contributed by atoms with Gasteiger partial charge >= 0.3 is 0 Å². The summed E-state index contributed by atoms with van der Waals surface area (Å²) in [6, 6.07) is 14.9. The predicted octanol–water partition coefficient (Wildman–Crippen LogP) is 3.45. The van der Waals surface area contributed by atoms with Gasteiger partial charge in [0.2, 0.25) is 0 Å². The molecule has 0 spiro atoms. The van der Waals surface area contributed by atoms with Gasteiger partial charge in [-0.15, -0.1) is 0 Å². The molecule has 130 valence electrons. The van der Waals surface area contributed by atoms with Gasteiger partial charge in [-0.2, -0.15) is 0 Å². The summed E-state index contributed by atoms with van der Waals surface area (Å²) in [5.74, 6) is 0.912. The van der Waals surface area contributed by atoms with Crippen LogP contribution < -0.4 is 15.3 Å². The van der Waals surface area contributed by atoms with Crippen molar-refractivity contribution in [2.75, 3.05) is 27.0 Å². The number of para-hydroxylation sites is 1. The number of hydrogen-bond donors (Lipinski definition) is 0. The Morgan fingerprint density at radius 1 is 1.00 bits per heavy atom. The number of nitrogens with zero attached hydrogens (tertiary/aromatic N) is 1. The van der Waals surface area contributed by atoms with Crippen molar-refractivity contribution in [3.8, 4) is 5.75 Å². The van der Waals surface area contributed by atoms with Crippen LogP contribution in [0.4, 0.5) is 0 Å². The van der Waals surface area contributed by atoms with Crippen LogP contribution in [-0.2, 0) is 11.3 Å². The average molecular weight is 345 g/mol. The van der Waals surface area contributed by atoms with Crippen molar-refractivity contribution in [2.24, 2.45) is 0 Å². The third kappa shape index (κ3) is 5.04. The second-order valence-electron chi connectivity index (χ2n) is 5.74. The van der Waals surface area contributed by atoms with Crippen molar-refractivity contribution in [1.82, 2.24) is 4.90 Å². The van der Waals surface area contributed by atoms with Crippen molar-refractivity contribution >= 4 is 19.2 Å². The van der Waals surface area contributed by atoms with Crippen LogP contribution in [-0.4, -0.2) is 31.9 Å². The average Bonchev–Trinajstić information content (AvgIpc) is 2.61. The quantitative estimate of drug-likeness (QED) is 0.513. The number of aryl methyl sites for hydroxylation is 1. The summed E-state index contributed by atoms with van der Waals surface area (Å²) in [7, 11) is 2.23. The summed E-state index contributed by atoms with van der Waals surface area (Å²) in [5.41, 5.74) is 2.76. The lowest BCUT2D eigenvalue weighted by Gasteiger charge is -2.21. The van der Waals surface area contributed by atoms with E-state index in [1.165, 1.54) is 21.7 Å². The molecule has 0 aliphatic heterocycles. The summed E-state index contributed by atoms with van der Waals surface area (Å²) in [5, 5.41) is 2.66. The van der Waals surface area contributed by atoms with Crippen molar-refractivity contribution in [1.29, 1.82) is 0 Å². The van der Waals surface area contributed by atoms with E-state index in [9.17, 15) is 0 Å². The normalized spacial score (nSPS) is 11.5. The van der Waals surface area contributed by atoms with Crippen molar-refractivity contribution in [3.05, 3.63) is 53.6 Å². The van der Waals surface area contributed by atoms with E-state index in [2.05, 4.69) is 56.0 Å². The van der Waals surface area contributed by atoms with E-state index >= 15 is 0 Å². The molecule has 24 heavy (non-hydrogen) atoms. The summed E-state index contributed by atoms with van der Waals surface area (Å²) < 4.78 is 10.8. The fourth-order valence-electron chi connectivity index (χ4n) is 2.68. The highest BCUT2D eigenvalue weighted by atomic mass is 31.1. The van der Waals surface area contributed by atoms with Gasteiger partial charge < -0.3 is 9.47 Å². The molecule has 0 amide bonds. The molecule has 3 nitrogen and oxygen atoms in total. The molecule has 1 atom stereocenters. The lowest BCUT2D eigenvalue weighted by atomic mass is 10.1. The highest BCUT2D eigenvalue weighted by Crippen LogP contribution is 2.23. The standard InChI is InChI=1S/C20H28NO2P/c1-5-21(6-2)14-17-11-9-10-16(3)20(17)24-19-13-8-7-12-18(19)23-15-22-4/h7-13,24H,5-6,14-15H2,1-4H3. The topological polar surface area (TPSA) is 21.7 Å². The first kappa shape index (κ1) is 18.9. The van der Waals surface area contributed by atoms with Gasteiger partial charge in [0.25, 0.3) is 0 Å². The van der Waals surface area contributed by atoms with E-state index < -0.39 is 0 Å². The SMILES string of the molecule is CCN(CC)Cc1cccc(C)c1Pc1ccccc1OCOC. The highest BCUT2D eigenvalue weighted by Gasteiger charge is 2.12. The Hall–Kier alpha value is -1.41. The third-order valence-corrected chi connectivity index (χ3v) is 5.77. The fraction of sp³-hybridized carbons (Fsp3) is 0.400.